The Labute approximate surface area is 162 Å². The molecule has 0 unspecified atom stereocenters. The van der Waals surface area contributed by atoms with Crippen molar-refractivity contribution in [2.24, 2.45) is 0 Å². The molecule has 25 heavy (non-hydrogen) atoms. The third kappa shape index (κ3) is 6.31. The number of halogens is 2. The smallest absolute Gasteiger partial charge is 0.251 e. The number of hydrogen-bond donors (Lipinski definition) is 1. The van der Waals surface area contributed by atoms with Gasteiger partial charge in [-0.25, -0.2) is 0 Å². The number of benzene rings is 2. The maximum atomic E-state index is 12.1. The van der Waals surface area contributed by atoms with Crippen molar-refractivity contribution in [3.63, 3.8) is 0 Å². The molecule has 0 atom stereocenters. The first-order valence-electron chi connectivity index (χ1n) is 7.74. The van der Waals surface area contributed by atoms with Crippen LogP contribution in [-0.2, 0) is 5.75 Å². The monoisotopic (exact) mass is 395 g/mol. The van der Waals surface area contributed by atoms with Gasteiger partial charge in [-0.1, -0.05) is 41.9 Å². The van der Waals surface area contributed by atoms with Crippen LogP contribution in [0.3, 0.4) is 0 Å². The molecule has 0 bridgehead atoms. The fourth-order valence-electron chi connectivity index (χ4n) is 2.04. The van der Waals surface area contributed by atoms with Crippen molar-refractivity contribution in [2.45, 2.75) is 5.75 Å². The summed E-state index contributed by atoms with van der Waals surface area (Å²) in [7, 11) is 0. The van der Waals surface area contributed by atoms with Crippen molar-refractivity contribution in [1.29, 1.82) is 0 Å². The standard InChI is InChI=1S/C19H19Cl2NO2S/c1-2-11-24-15-8-6-14(7-9-15)19(23)22-10-12-25-13-16-17(20)4-3-5-18(16)21/h2-9H,1,10-13H2,(H,22,23). The van der Waals surface area contributed by atoms with Crippen LogP contribution in [0.15, 0.2) is 55.1 Å². The number of amides is 1. The van der Waals surface area contributed by atoms with Gasteiger partial charge in [-0.15, -0.1) is 0 Å². The summed E-state index contributed by atoms with van der Waals surface area (Å²) in [6, 6.07) is 12.5. The van der Waals surface area contributed by atoms with E-state index in [1.165, 1.54) is 0 Å². The summed E-state index contributed by atoms with van der Waals surface area (Å²) in [6.07, 6.45) is 1.67. The van der Waals surface area contributed by atoms with Gasteiger partial charge in [-0.05, 0) is 42.0 Å². The van der Waals surface area contributed by atoms with Crippen molar-refractivity contribution in [1.82, 2.24) is 5.32 Å². The summed E-state index contributed by atoms with van der Waals surface area (Å²) < 4.78 is 5.39. The van der Waals surface area contributed by atoms with E-state index in [2.05, 4.69) is 11.9 Å². The van der Waals surface area contributed by atoms with Gasteiger partial charge in [0.15, 0.2) is 0 Å². The average Bonchev–Trinajstić information content (AvgIpc) is 2.62. The Bertz CT molecular complexity index is 700. The number of carbonyl (C=O) groups excluding carboxylic acids is 1. The molecule has 0 fully saturated rings. The Hall–Kier alpha value is -1.62. The molecule has 2 aromatic carbocycles. The number of hydrogen-bond acceptors (Lipinski definition) is 3. The highest BCUT2D eigenvalue weighted by Crippen LogP contribution is 2.27. The molecule has 3 nitrogen and oxygen atoms in total. The second-order valence-electron chi connectivity index (χ2n) is 5.13. The third-order valence-corrected chi connectivity index (χ3v) is 5.02. The highest BCUT2D eigenvalue weighted by Gasteiger charge is 2.07. The Morgan fingerprint density at radius 3 is 2.48 bits per heavy atom. The highest BCUT2D eigenvalue weighted by molar-refractivity contribution is 7.98. The normalized spacial score (nSPS) is 10.3. The van der Waals surface area contributed by atoms with Gasteiger partial charge < -0.3 is 10.1 Å². The lowest BCUT2D eigenvalue weighted by molar-refractivity contribution is 0.0956. The zero-order valence-electron chi connectivity index (χ0n) is 13.6. The van der Waals surface area contributed by atoms with Crippen LogP contribution in [0.5, 0.6) is 5.75 Å². The zero-order chi connectivity index (χ0) is 18.1. The molecule has 0 saturated carbocycles. The van der Waals surface area contributed by atoms with E-state index in [4.69, 9.17) is 27.9 Å². The fourth-order valence-corrected chi connectivity index (χ4v) is 3.64. The number of nitrogens with one attached hydrogen (secondary N) is 1. The minimum Gasteiger partial charge on any atom is -0.490 e. The Morgan fingerprint density at radius 1 is 1.16 bits per heavy atom. The molecule has 0 spiro atoms. The molecule has 132 valence electrons. The number of thioether (sulfide) groups is 1. The summed E-state index contributed by atoms with van der Waals surface area (Å²) in [6.45, 7) is 4.61. The average molecular weight is 396 g/mol. The van der Waals surface area contributed by atoms with Crippen LogP contribution < -0.4 is 10.1 Å². The van der Waals surface area contributed by atoms with Gasteiger partial charge in [0.05, 0.1) is 0 Å². The van der Waals surface area contributed by atoms with Gasteiger partial charge in [-0.3, -0.25) is 4.79 Å². The van der Waals surface area contributed by atoms with E-state index >= 15 is 0 Å². The second kappa shape index (κ2) is 10.4. The largest absolute Gasteiger partial charge is 0.490 e. The predicted octanol–water partition coefficient (Wildman–Crippen LogP) is 5.22. The van der Waals surface area contributed by atoms with E-state index in [1.807, 2.05) is 18.2 Å². The van der Waals surface area contributed by atoms with Crippen LogP contribution in [0.4, 0.5) is 0 Å². The zero-order valence-corrected chi connectivity index (χ0v) is 16.0. The van der Waals surface area contributed by atoms with E-state index in [1.54, 1.807) is 42.1 Å². The lowest BCUT2D eigenvalue weighted by atomic mass is 10.2. The van der Waals surface area contributed by atoms with Crippen molar-refractivity contribution in [3.8, 4) is 5.75 Å². The summed E-state index contributed by atoms with van der Waals surface area (Å²) >= 11 is 13.9. The first-order valence-corrected chi connectivity index (χ1v) is 9.65. The van der Waals surface area contributed by atoms with E-state index in [-0.39, 0.29) is 5.91 Å². The third-order valence-electron chi connectivity index (χ3n) is 3.32. The first kappa shape index (κ1) is 19.7. The molecule has 0 aliphatic rings. The van der Waals surface area contributed by atoms with Crippen LogP contribution in [-0.4, -0.2) is 24.8 Å². The van der Waals surface area contributed by atoms with Crippen molar-refractivity contribution < 1.29 is 9.53 Å². The van der Waals surface area contributed by atoms with Gasteiger partial charge in [0, 0.05) is 33.7 Å². The van der Waals surface area contributed by atoms with Gasteiger partial charge >= 0.3 is 0 Å². The molecule has 6 heteroatoms. The van der Waals surface area contributed by atoms with E-state index in [9.17, 15) is 4.79 Å². The molecule has 0 saturated heterocycles. The summed E-state index contributed by atoms with van der Waals surface area (Å²) in [4.78, 5) is 12.1. The fraction of sp³-hybridized carbons (Fsp3) is 0.211. The highest BCUT2D eigenvalue weighted by atomic mass is 35.5. The lowest BCUT2D eigenvalue weighted by Crippen LogP contribution is -2.25. The van der Waals surface area contributed by atoms with Gasteiger partial charge in [0.2, 0.25) is 0 Å². The van der Waals surface area contributed by atoms with Crippen molar-refractivity contribution >= 4 is 40.9 Å². The summed E-state index contributed by atoms with van der Waals surface area (Å²) in [5.74, 6) is 2.09. The maximum Gasteiger partial charge on any atom is 0.251 e. The lowest BCUT2D eigenvalue weighted by Gasteiger charge is -2.08. The van der Waals surface area contributed by atoms with Crippen LogP contribution in [0.2, 0.25) is 10.0 Å². The summed E-state index contributed by atoms with van der Waals surface area (Å²) in [5.41, 5.74) is 1.53. The topological polar surface area (TPSA) is 38.3 Å². The minimum absolute atomic E-state index is 0.105. The Morgan fingerprint density at radius 2 is 1.84 bits per heavy atom. The van der Waals surface area contributed by atoms with Crippen LogP contribution in [0.25, 0.3) is 0 Å². The molecule has 0 heterocycles. The number of ether oxygens (including phenoxy) is 1. The van der Waals surface area contributed by atoms with Crippen LogP contribution >= 0.6 is 35.0 Å². The Kier molecular flexibility index (Phi) is 8.19. The van der Waals surface area contributed by atoms with E-state index < -0.39 is 0 Å². The predicted molar refractivity (Wildman–Crippen MR) is 107 cm³/mol. The van der Waals surface area contributed by atoms with E-state index in [0.717, 1.165) is 11.3 Å². The second-order valence-corrected chi connectivity index (χ2v) is 7.05. The van der Waals surface area contributed by atoms with Crippen molar-refractivity contribution in [2.75, 3.05) is 18.9 Å². The number of carbonyl (C=O) groups is 1. The van der Waals surface area contributed by atoms with Crippen LogP contribution in [0.1, 0.15) is 15.9 Å². The van der Waals surface area contributed by atoms with E-state index in [0.29, 0.717) is 40.3 Å². The molecule has 0 aliphatic carbocycles. The molecular weight excluding hydrogens is 377 g/mol. The molecule has 0 aliphatic heterocycles. The molecule has 0 radical (unpaired) electrons. The molecule has 2 rings (SSSR count). The van der Waals surface area contributed by atoms with Gasteiger partial charge in [-0.2, -0.15) is 11.8 Å². The Balaban J connectivity index is 1.72. The minimum atomic E-state index is -0.105. The SMILES string of the molecule is C=CCOc1ccc(C(=O)NCCSCc2c(Cl)cccc2Cl)cc1. The van der Waals surface area contributed by atoms with Crippen molar-refractivity contribution in [3.05, 3.63) is 76.3 Å². The molecular formula is C19H19Cl2NO2S. The van der Waals surface area contributed by atoms with Gasteiger partial charge in [0.1, 0.15) is 12.4 Å². The quantitative estimate of drug-likeness (QED) is 0.467. The van der Waals surface area contributed by atoms with Crippen LogP contribution in [0, 0.1) is 0 Å². The maximum absolute atomic E-state index is 12.1. The first-order chi connectivity index (χ1) is 12.1. The molecule has 2 aromatic rings. The molecule has 0 aromatic heterocycles. The molecule has 1 amide bonds. The molecule has 1 N–H and O–H groups in total. The van der Waals surface area contributed by atoms with Gasteiger partial charge in [0.25, 0.3) is 5.91 Å². The summed E-state index contributed by atoms with van der Waals surface area (Å²) in [5, 5.41) is 4.23. The number of rotatable bonds is 9.